The third-order valence-corrected chi connectivity index (χ3v) is 7.46. The van der Waals surface area contributed by atoms with Crippen LogP contribution in [0.2, 0.25) is 0 Å². The molecule has 0 radical (unpaired) electrons. The molecule has 2 atom stereocenters. The molecule has 0 bridgehead atoms. The van der Waals surface area contributed by atoms with Crippen LogP contribution < -0.4 is 15.4 Å². The lowest BCUT2D eigenvalue weighted by molar-refractivity contribution is -0.136. The van der Waals surface area contributed by atoms with Crippen molar-refractivity contribution in [2.75, 3.05) is 13.6 Å². The largest absolute Gasteiger partial charge is 0.488 e. The number of benzene rings is 2. The lowest BCUT2D eigenvalue weighted by atomic mass is 9.71. The Bertz CT molecular complexity index is 1260. The average Bonchev–Trinajstić information content (AvgIpc) is 2.93. The van der Waals surface area contributed by atoms with Gasteiger partial charge in [-0.05, 0) is 58.2 Å². The summed E-state index contributed by atoms with van der Waals surface area (Å²) in [7, 11) is 4.75. The Balaban J connectivity index is 2.27. The maximum absolute atomic E-state index is 15.7. The fraction of sp³-hybridized carbons (Fsp3) is 0.516. The number of rotatable bonds is 18. The lowest BCUT2D eigenvalue weighted by Crippen LogP contribution is -2.58. The molecule has 0 saturated heterocycles. The maximum Gasteiger partial charge on any atom is 0.236 e. The molecule has 3 N–H and O–H groups in total. The molecule has 0 aliphatic rings. The number of aliphatic hydroxyl groups is 1. The highest BCUT2D eigenvalue weighted by atomic mass is 19.1. The van der Waals surface area contributed by atoms with Gasteiger partial charge < -0.3 is 29.6 Å². The Labute approximate surface area is 256 Å². The van der Waals surface area contributed by atoms with Crippen LogP contribution in [0.5, 0.6) is 5.75 Å². The van der Waals surface area contributed by atoms with Crippen LogP contribution in [0, 0.1) is 12.7 Å². The molecule has 0 saturated carbocycles. The monoisotopic (exact) mass is 597 g/mol. The third kappa shape index (κ3) is 10.2. The van der Waals surface area contributed by atoms with E-state index >= 15 is 4.39 Å². The van der Waals surface area contributed by atoms with Crippen LogP contribution in [0.4, 0.5) is 4.39 Å². The fourth-order valence-electron chi connectivity index (χ4n) is 5.22. The number of hydrogen-bond donors (Lipinski definition) is 3. The number of hydrogen-bond acceptors (Lipinski definition) is 7. The zero-order valence-electron chi connectivity index (χ0n) is 26.8. The highest BCUT2D eigenvalue weighted by molar-refractivity contribution is 6.29. The van der Waals surface area contributed by atoms with Crippen LogP contribution in [0.1, 0.15) is 62.8 Å². The summed E-state index contributed by atoms with van der Waals surface area (Å²) in [5.41, 5.74) is -0.200. The molecule has 0 aromatic heterocycles. The SMILES string of the molecule is BC(O)NCC(C)(C)OC(C)(C)Cc1cccc(COc2cccc(C)c2CN(C=O)C(B)(CCC=O)C(=O)NC)c1F. The maximum atomic E-state index is 15.7. The molecular formula is C31H46B2FN3O6. The molecule has 0 heterocycles. The molecule has 2 amide bonds. The first kappa shape index (κ1) is 36.0. The molecule has 0 fully saturated rings. The summed E-state index contributed by atoms with van der Waals surface area (Å²) in [6, 6.07) is 10.6. The normalized spacial score (nSPS) is 14.0. The second kappa shape index (κ2) is 15.5. The molecule has 0 spiro atoms. The second-order valence-electron chi connectivity index (χ2n) is 12.4. The molecule has 2 aromatic carbocycles. The Morgan fingerprint density at radius 3 is 2.37 bits per heavy atom. The van der Waals surface area contributed by atoms with Gasteiger partial charge in [0.2, 0.25) is 12.3 Å². The van der Waals surface area contributed by atoms with E-state index in [2.05, 4.69) is 10.6 Å². The predicted molar refractivity (Wildman–Crippen MR) is 170 cm³/mol. The van der Waals surface area contributed by atoms with Crippen LogP contribution in [0.15, 0.2) is 36.4 Å². The van der Waals surface area contributed by atoms with Gasteiger partial charge in [0.15, 0.2) is 7.85 Å². The van der Waals surface area contributed by atoms with Gasteiger partial charge in [-0.1, -0.05) is 30.3 Å². The van der Waals surface area contributed by atoms with Gasteiger partial charge >= 0.3 is 0 Å². The minimum Gasteiger partial charge on any atom is -0.488 e. The Kier molecular flexibility index (Phi) is 13.0. The van der Waals surface area contributed by atoms with Crippen LogP contribution in [-0.4, -0.2) is 80.7 Å². The van der Waals surface area contributed by atoms with Crippen LogP contribution in [0.25, 0.3) is 0 Å². The molecule has 234 valence electrons. The number of nitrogens with zero attached hydrogens (tertiary/aromatic N) is 1. The molecule has 0 aliphatic heterocycles. The molecule has 2 aromatic rings. The van der Waals surface area contributed by atoms with Gasteiger partial charge in [-0.3, -0.25) is 14.9 Å². The van der Waals surface area contributed by atoms with E-state index in [9.17, 15) is 19.5 Å². The van der Waals surface area contributed by atoms with E-state index in [4.69, 9.17) is 9.47 Å². The highest BCUT2D eigenvalue weighted by Gasteiger charge is 2.38. The molecule has 2 rings (SSSR count). The van der Waals surface area contributed by atoms with Gasteiger partial charge in [0.1, 0.15) is 32.3 Å². The van der Waals surface area contributed by atoms with E-state index in [-0.39, 0.29) is 37.7 Å². The Morgan fingerprint density at radius 1 is 1.12 bits per heavy atom. The summed E-state index contributed by atoms with van der Waals surface area (Å²) in [6.07, 6.45) is 1.23. The number of aryl methyl sites for hydroxylation is 1. The standard InChI is InChI=1S/C31H46B2FN3O6/c1-21-10-7-13-25(24(21)17-37(20-39)31(33,14-9-15-38)27(40)35-6)42-18-23-12-8-11-22(26(23)34)16-29(2,3)43-30(4,5)19-36-28(32)41/h7-8,10-13,15,20,28,36,41H,9,14,16-19,32-33H2,1-6H3,(H,35,40). The summed E-state index contributed by atoms with van der Waals surface area (Å²) >= 11 is 0. The quantitative estimate of drug-likeness (QED) is 0.135. The van der Waals surface area contributed by atoms with Crippen molar-refractivity contribution in [1.82, 2.24) is 15.5 Å². The number of carbonyl (C=O) groups is 3. The van der Waals surface area contributed by atoms with Gasteiger partial charge in [0.05, 0.1) is 22.8 Å². The van der Waals surface area contributed by atoms with Crippen molar-refractivity contribution >= 4 is 34.3 Å². The third-order valence-electron chi connectivity index (χ3n) is 7.46. The van der Waals surface area contributed by atoms with E-state index in [1.165, 1.54) is 11.9 Å². The molecule has 0 aliphatic carbocycles. The summed E-state index contributed by atoms with van der Waals surface area (Å²) < 4.78 is 28.2. The number of aliphatic hydroxyl groups excluding tert-OH is 1. The zero-order chi connectivity index (χ0) is 32.4. The number of amides is 2. The first-order chi connectivity index (χ1) is 20.1. The van der Waals surface area contributed by atoms with Crippen molar-refractivity contribution in [3.63, 3.8) is 0 Å². The van der Waals surface area contributed by atoms with Gasteiger partial charge in [-0.2, -0.15) is 0 Å². The van der Waals surface area contributed by atoms with Crippen molar-refractivity contribution in [2.45, 2.75) is 89.8 Å². The average molecular weight is 597 g/mol. The van der Waals surface area contributed by atoms with E-state index in [1.54, 1.807) is 40.0 Å². The van der Waals surface area contributed by atoms with Crippen molar-refractivity contribution in [1.29, 1.82) is 0 Å². The van der Waals surface area contributed by atoms with Crippen LogP contribution in [0.3, 0.4) is 0 Å². The van der Waals surface area contributed by atoms with Crippen molar-refractivity contribution in [3.05, 3.63) is 64.5 Å². The van der Waals surface area contributed by atoms with Gasteiger partial charge in [-0.25, -0.2) is 4.39 Å². The summed E-state index contributed by atoms with van der Waals surface area (Å²) in [5.74, 6) is -0.308. The smallest absolute Gasteiger partial charge is 0.236 e. The molecule has 9 nitrogen and oxygen atoms in total. The molecule has 12 heteroatoms. The van der Waals surface area contributed by atoms with E-state index in [1.807, 2.05) is 46.8 Å². The number of halogens is 1. The summed E-state index contributed by atoms with van der Waals surface area (Å²) in [6.45, 7) is 9.92. The number of nitrogens with one attached hydrogen (secondary N) is 2. The van der Waals surface area contributed by atoms with E-state index in [0.29, 0.717) is 41.8 Å². The predicted octanol–water partition coefficient (Wildman–Crippen LogP) is 1.34. The first-order valence-corrected chi connectivity index (χ1v) is 14.6. The first-order valence-electron chi connectivity index (χ1n) is 14.6. The van der Waals surface area contributed by atoms with E-state index < -0.39 is 22.8 Å². The minimum atomic E-state index is -1.26. The summed E-state index contributed by atoms with van der Waals surface area (Å²) in [4.78, 5) is 37.5. The molecule has 2 unspecified atom stereocenters. The number of carbonyl (C=O) groups excluding carboxylic acids is 3. The molecular weight excluding hydrogens is 551 g/mol. The van der Waals surface area contributed by atoms with Crippen LogP contribution >= 0.6 is 0 Å². The Hall–Kier alpha value is -3.21. The Morgan fingerprint density at radius 2 is 1.77 bits per heavy atom. The van der Waals surface area contributed by atoms with Gasteiger partial charge in [-0.15, -0.1) is 0 Å². The van der Waals surface area contributed by atoms with Gasteiger partial charge in [0, 0.05) is 44.1 Å². The summed E-state index contributed by atoms with van der Waals surface area (Å²) in [5, 5.41) is 15.1. The number of ether oxygens (including phenoxy) is 2. The van der Waals surface area contributed by atoms with Crippen LogP contribution in [-0.2, 0) is 38.7 Å². The minimum absolute atomic E-state index is 0.0554. The fourth-order valence-corrected chi connectivity index (χ4v) is 5.22. The topological polar surface area (TPSA) is 117 Å². The zero-order valence-corrected chi connectivity index (χ0v) is 26.8. The number of likely N-dealkylation sites (N-methyl/N-ethyl adjacent to an activating group) is 1. The number of aldehydes is 1. The lowest BCUT2D eigenvalue weighted by Gasteiger charge is -2.38. The van der Waals surface area contributed by atoms with Crippen molar-refractivity contribution in [2.24, 2.45) is 0 Å². The van der Waals surface area contributed by atoms with Crippen molar-refractivity contribution < 1.29 is 33.4 Å². The second-order valence-corrected chi connectivity index (χ2v) is 12.4. The molecule has 43 heavy (non-hydrogen) atoms. The van der Waals surface area contributed by atoms with Crippen molar-refractivity contribution in [3.8, 4) is 5.75 Å². The van der Waals surface area contributed by atoms with Gasteiger partial charge in [0.25, 0.3) is 0 Å². The van der Waals surface area contributed by atoms with E-state index in [0.717, 1.165) is 11.8 Å². The highest BCUT2D eigenvalue weighted by Crippen LogP contribution is 2.30.